The van der Waals surface area contributed by atoms with Crippen molar-refractivity contribution in [1.29, 1.82) is 0 Å². The number of nitrogens with zero attached hydrogens (tertiary/aromatic N) is 1. The lowest BCUT2D eigenvalue weighted by molar-refractivity contribution is 0.600. The van der Waals surface area contributed by atoms with Crippen molar-refractivity contribution in [3.63, 3.8) is 0 Å². The fraction of sp³-hybridized carbons (Fsp3) is 0.0476. The maximum Gasteiger partial charge on any atom is 0.272 e. The first-order valence-electron chi connectivity index (χ1n) is 8.72. The third-order valence-electron chi connectivity index (χ3n) is 4.54. The van der Waals surface area contributed by atoms with Gasteiger partial charge in [-0.1, -0.05) is 41.9 Å². The minimum atomic E-state index is -3.84. The second-order valence-electron chi connectivity index (χ2n) is 6.54. The summed E-state index contributed by atoms with van der Waals surface area (Å²) in [6.45, 7) is 1.72. The van der Waals surface area contributed by atoms with Crippen molar-refractivity contribution in [2.45, 2.75) is 11.8 Å². The van der Waals surface area contributed by atoms with Crippen molar-refractivity contribution < 1.29 is 8.42 Å². The van der Waals surface area contributed by atoms with Crippen LogP contribution < -0.4 is 10.3 Å². The molecular formula is C21H16ClN3O3S. The molecule has 2 N–H and O–H groups in total. The maximum atomic E-state index is 13.0. The van der Waals surface area contributed by atoms with E-state index in [9.17, 15) is 13.2 Å². The summed E-state index contributed by atoms with van der Waals surface area (Å²) in [5.41, 5.74) is 1.78. The zero-order valence-corrected chi connectivity index (χ0v) is 16.9. The van der Waals surface area contributed by atoms with Crippen LogP contribution in [0.15, 0.2) is 76.4 Å². The molecule has 0 bridgehead atoms. The number of aryl methyl sites for hydroxylation is 1. The van der Waals surface area contributed by atoms with Gasteiger partial charge in [-0.25, -0.2) is 13.5 Å². The summed E-state index contributed by atoms with van der Waals surface area (Å²) in [6.07, 6.45) is 0. The number of nitrogens with one attached hydrogen (secondary N) is 2. The molecule has 0 fully saturated rings. The third-order valence-corrected chi connectivity index (χ3v) is 6.32. The number of sulfonamides is 1. The Labute approximate surface area is 172 Å². The highest BCUT2D eigenvalue weighted by Crippen LogP contribution is 2.29. The first-order valence-corrected chi connectivity index (χ1v) is 10.6. The summed E-state index contributed by atoms with van der Waals surface area (Å²) in [5.74, 6) is 0. The number of hydrogen-bond acceptors (Lipinski definition) is 4. The molecule has 8 heteroatoms. The largest absolute Gasteiger partial charge is 0.280 e. The van der Waals surface area contributed by atoms with Crippen LogP contribution in [-0.4, -0.2) is 18.6 Å². The highest BCUT2D eigenvalue weighted by atomic mass is 35.5. The molecule has 1 aromatic heterocycles. The van der Waals surface area contributed by atoms with E-state index in [1.165, 1.54) is 0 Å². The van der Waals surface area contributed by atoms with Gasteiger partial charge in [0.05, 0.1) is 16.0 Å². The molecule has 0 saturated heterocycles. The number of benzene rings is 3. The second-order valence-corrected chi connectivity index (χ2v) is 8.63. The molecule has 6 nitrogen and oxygen atoms in total. The Morgan fingerprint density at radius 2 is 1.66 bits per heavy atom. The molecule has 0 unspecified atom stereocenters. The van der Waals surface area contributed by atoms with Gasteiger partial charge in [0.2, 0.25) is 0 Å². The number of H-pyrrole nitrogens is 1. The highest BCUT2D eigenvalue weighted by molar-refractivity contribution is 7.92. The molecule has 0 aliphatic carbocycles. The average Bonchev–Trinajstić information content (AvgIpc) is 2.71. The summed E-state index contributed by atoms with van der Waals surface area (Å²) in [5, 5.41) is 8.28. The van der Waals surface area contributed by atoms with Crippen LogP contribution >= 0.6 is 11.6 Å². The molecule has 0 amide bonds. The van der Waals surface area contributed by atoms with E-state index in [1.54, 1.807) is 73.7 Å². The lowest BCUT2D eigenvalue weighted by atomic mass is 10.0. The molecule has 3 aromatic carbocycles. The second kappa shape index (κ2) is 7.35. The van der Waals surface area contributed by atoms with Gasteiger partial charge in [-0.3, -0.25) is 9.52 Å². The molecule has 0 spiro atoms. The number of aromatic amines is 1. The molecule has 0 radical (unpaired) electrons. The SMILES string of the molecule is Cc1ccc(-c2n[nH]c(=O)c3ccccc23)cc1S(=O)(=O)Nc1ccc(Cl)cc1. The molecule has 0 saturated carbocycles. The Balaban J connectivity index is 1.82. The normalized spacial score (nSPS) is 11.5. The predicted molar refractivity (Wildman–Crippen MR) is 115 cm³/mol. The molecule has 0 atom stereocenters. The van der Waals surface area contributed by atoms with Gasteiger partial charge in [0.15, 0.2) is 0 Å². The molecule has 0 aliphatic rings. The average molecular weight is 426 g/mol. The number of aromatic nitrogens is 2. The quantitative estimate of drug-likeness (QED) is 0.508. The topological polar surface area (TPSA) is 91.9 Å². The van der Waals surface area contributed by atoms with Crippen molar-refractivity contribution in [3.8, 4) is 11.3 Å². The zero-order valence-electron chi connectivity index (χ0n) is 15.3. The van der Waals surface area contributed by atoms with Crippen LogP contribution in [0.2, 0.25) is 5.02 Å². The molecular weight excluding hydrogens is 410 g/mol. The highest BCUT2D eigenvalue weighted by Gasteiger charge is 2.19. The number of hydrogen-bond donors (Lipinski definition) is 2. The van der Waals surface area contributed by atoms with Crippen LogP contribution in [0, 0.1) is 6.92 Å². The van der Waals surface area contributed by atoms with E-state index in [0.29, 0.717) is 38.3 Å². The van der Waals surface area contributed by atoms with Crippen molar-refractivity contribution >= 4 is 38.1 Å². The Bertz CT molecular complexity index is 1380. The Hall–Kier alpha value is -3.16. The Morgan fingerprint density at radius 1 is 0.966 bits per heavy atom. The van der Waals surface area contributed by atoms with Crippen LogP contribution in [0.1, 0.15) is 5.56 Å². The molecule has 4 aromatic rings. The number of halogens is 1. The lowest BCUT2D eigenvalue weighted by Gasteiger charge is -2.13. The summed E-state index contributed by atoms with van der Waals surface area (Å²) >= 11 is 5.86. The molecule has 29 heavy (non-hydrogen) atoms. The van der Waals surface area contributed by atoms with Gasteiger partial charge in [-0.15, -0.1) is 0 Å². The summed E-state index contributed by atoms with van der Waals surface area (Å²) < 4.78 is 28.5. The van der Waals surface area contributed by atoms with Crippen molar-refractivity contribution in [3.05, 3.63) is 87.7 Å². The Morgan fingerprint density at radius 3 is 2.38 bits per heavy atom. The van der Waals surface area contributed by atoms with Crippen molar-refractivity contribution in [2.24, 2.45) is 0 Å². The molecule has 1 heterocycles. The van der Waals surface area contributed by atoms with E-state index in [0.717, 1.165) is 0 Å². The van der Waals surface area contributed by atoms with E-state index in [1.807, 2.05) is 0 Å². The minimum absolute atomic E-state index is 0.127. The van der Waals surface area contributed by atoms with Crippen LogP contribution in [0.5, 0.6) is 0 Å². The van der Waals surface area contributed by atoms with Crippen LogP contribution in [-0.2, 0) is 10.0 Å². The van der Waals surface area contributed by atoms with E-state index < -0.39 is 10.0 Å². The first-order chi connectivity index (χ1) is 13.8. The van der Waals surface area contributed by atoms with Gasteiger partial charge in [0, 0.05) is 21.7 Å². The monoisotopic (exact) mass is 425 g/mol. The summed E-state index contributed by atoms with van der Waals surface area (Å²) in [4.78, 5) is 12.2. The number of anilines is 1. The van der Waals surface area contributed by atoms with Crippen molar-refractivity contribution in [2.75, 3.05) is 4.72 Å². The van der Waals surface area contributed by atoms with E-state index in [2.05, 4.69) is 14.9 Å². The standard InChI is InChI=1S/C21H16ClN3O3S/c1-13-6-7-14(20-17-4-2-3-5-18(17)21(26)24-23-20)12-19(13)29(27,28)25-16-10-8-15(22)9-11-16/h2-12,25H,1H3,(H,24,26). The fourth-order valence-electron chi connectivity index (χ4n) is 3.10. The Kier molecular flexibility index (Phi) is 4.86. The lowest BCUT2D eigenvalue weighted by Crippen LogP contribution is -2.14. The minimum Gasteiger partial charge on any atom is -0.280 e. The van der Waals surface area contributed by atoms with Gasteiger partial charge in [-0.05, 0) is 48.9 Å². The molecule has 0 aliphatic heterocycles. The summed E-state index contributed by atoms with van der Waals surface area (Å²) in [7, 11) is -3.84. The molecule has 4 rings (SSSR count). The summed E-state index contributed by atoms with van der Waals surface area (Å²) in [6, 6.07) is 18.5. The van der Waals surface area contributed by atoms with E-state index >= 15 is 0 Å². The van der Waals surface area contributed by atoms with Crippen LogP contribution in [0.4, 0.5) is 5.69 Å². The first kappa shape index (κ1) is 19.2. The van der Waals surface area contributed by atoms with Crippen molar-refractivity contribution in [1.82, 2.24) is 10.2 Å². The third kappa shape index (κ3) is 3.74. The van der Waals surface area contributed by atoms with Crippen LogP contribution in [0.3, 0.4) is 0 Å². The van der Waals surface area contributed by atoms with Gasteiger partial charge < -0.3 is 0 Å². The molecule has 146 valence electrons. The van der Waals surface area contributed by atoms with E-state index in [-0.39, 0.29) is 10.5 Å². The predicted octanol–water partition coefficient (Wildman–Crippen LogP) is 4.35. The number of rotatable bonds is 4. The zero-order chi connectivity index (χ0) is 20.6. The van der Waals surface area contributed by atoms with Crippen LogP contribution in [0.25, 0.3) is 22.0 Å². The van der Waals surface area contributed by atoms with E-state index in [4.69, 9.17) is 11.6 Å². The fourth-order valence-corrected chi connectivity index (χ4v) is 4.56. The maximum absolute atomic E-state index is 13.0. The van der Waals surface area contributed by atoms with Gasteiger partial charge >= 0.3 is 0 Å². The van der Waals surface area contributed by atoms with Gasteiger partial charge in [-0.2, -0.15) is 5.10 Å². The van der Waals surface area contributed by atoms with Gasteiger partial charge in [0.25, 0.3) is 15.6 Å². The van der Waals surface area contributed by atoms with Gasteiger partial charge in [0.1, 0.15) is 0 Å². The number of fused-ring (bicyclic) bond motifs is 1. The smallest absolute Gasteiger partial charge is 0.272 e.